The minimum absolute atomic E-state index is 0.0275. The first-order valence-corrected chi connectivity index (χ1v) is 6.58. The maximum absolute atomic E-state index is 11.8. The summed E-state index contributed by atoms with van der Waals surface area (Å²) in [5.74, 6) is -0.120. The molecule has 0 N–H and O–H groups in total. The van der Waals surface area contributed by atoms with Gasteiger partial charge in [-0.05, 0) is 18.6 Å². The van der Waals surface area contributed by atoms with Gasteiger partial charge < -0.3 is 4.90 Å². The monoisotopic (exact) mass is 332 g/mol. The van der Waals surface area contributed by atoms with Gasteiger partial charge in [0.15, 0.2) is 0 Å². The van der Waals surface area contributed by atoms with Crippen LogP contribution in [-0.4, -0.2) is 22.2 Å². The molecule has 7 heteroatoms. The Balaban J connectivity index is 2.56. The van der Waals surface area contributed by atoms with Crippen LogP contribution in [0, 0.1) is 17.0 Å². The number of hydrogen-bond donors (Lipinski definition) is 0. The van der Waals surface area contributed by atoms with Crippen LogP contribution < -0.4 is 4.90 Å². The number of alkyl halides is 1. The predicted molar refractivity (Wildman–Crippen MR) is 72.5 cm³/mol. The zero-order chi connectivity index (χ0) is 13.4. The number of amides is 1. The van der Waals surface area contributed by atoms with Gasteiger partial charge in [-0.25, -0.2) is 0 Å². The summed E-state index contributed by atoms with van der Waals surface area (Å²) in [6, 6.07) is 2.90. The summed E-state index contributed by atoms with van der Waals surface area (Å²) in [6.45, 7) is 2.14. The molecule has 18 heavy (non-hydrogen) atoms. The summed E-state index contributed by atoms with van der Waals surface area (Å²) >= 11 is 9.18. The van der Waals surface area contributed by atoms with Crippen molar-refractivity contribution in [2.45, 2.75) is 18.2 Å². The number of nitro groups is 1. The highest BCUT2D eigenvalue weighted by atomic mass is 79.9. The lowest BCUT2D eigenvalue weighted by Gasteiger charge is -2.18. The van der Waals surface area contributed by atoms with Gasteiger partial charge >= 0.3 is 0 Å². The highest BCUT2D eigenvalue weighted by molar-refractivity contribution is 9.09. The lowest BCUT2D eigenvalue weighted by molar-refractivity contribution is -0.384. The van der Waals surface area contributed by atoms with E-state index in [1.807, 2.05) is 0 Å². The molecule has 1 aliphatic heterocycles. The standard InChI is InChI=1S/C11H10BrClN2O3/c1-6-2-8(13)4-9(15(17)18)11(6)14-5-7(12)3-10(14)16/h2,4,7H,3,5H2,1H3. The molecule has 0 saturated carbocycles. The Morgan fingerprint density at radius 3 is 2.72 bits per heavy atom. The first kappa shape index (κ1) is 13.3. The lowest BCUT2D eigenvalue weighted by atomic mass is 10.1. The van der Waals surface area contributed by atoms with E-state index in [9.17, 15) is 14.9 Å². The summed E-state index contributed by atoms with van der Waals surface area (Å²) in [5.41, 5.74) is 0.843. The summed E-state index contributed by atoms with van der Waals surface area (Å²) < 4.78 is 0. The van der Waals surface area contributed by atoms with E-state index >= 15 is 0 Å². The van der Waals surface area contributed by atoms with Gasteiger partial charge in [0.05, 0.1) is 4.92 Å². The Morgan fingerprint density at radius 2 is 2.22 bits per heavy atom. The molecule has 0 aliphatic carbocycles. The molecule has 1 fully saturated rings. The number of carbonyl (C=O) groups is 1. The topological polar surface area (TPSA) is 63.5 Å². The van der Waals surface area contributed by atoms with Crippen molar-refractivity contribution in [3.63, 3.8) is 0 Å². The van der Waals surface area contributed by atoms with Crippen LogP contribution in [0.5, 0.6) is 0 Å². The summed E-state index contributed by atoms with van der Waals surface area (Å²) in [5, 5.41) is 11.4. The second-order valence-corrected chi connectivity index (χ2v) is 5.88. The molecule has 0 bridgehead atoms. The van der Waals surface area contributed by atoms with Crippen LogP contribution in [0.3, 0.4) is 0 Å². The van der Waals surface area contributed by atoms with Crippen molar-refractivity contribution >= 4 is 44.8 Å². The molecule has 1 aliphatic rings. The van der Waals surface area contributed by atoms with E-state index in [1.54, 1.807) is 13.0 Å². The first-order chi connectivity index (χ1) is 8.40. The van der Waals surface area contributed by atoms with Crippen molar-refractivity contribution in [2.75, 3.05) is 11.4 Å². The molecule has 1 heterocycles. The van der Waals surface area contributed by atoms with Gasteiger partial charge in [0.2, 0.25) is 5.91 Å². The van der Waals surface area contributed by atoms with E-state index in [0.717, 1.165) is 0 Å². The second kappa shape index (κ2) is 4.85. The maximum Gasteiger partial charge on any atom is 0.294 e. The molecule has 1 aromatic carbocycles. The number of benzene rings is 1. The number of hydrogen-bond acceptors (Lipinski definition) is 3. The van der Waals surface area contributed by atoms with Crippen molar-refractivity contribution in [3.8, 4) is 0 Å². The molecule has 0 spiro atoms. The van der Waals surface area contributed by atoms with Gasteiger partial charge in [0.25, 0.3) is 5.69 Å². The normalized spacial score (nSPS) is 19.4. The Hall–Kier alpha value is -1.14. The van der Waals surface area contributed by atoms with Crippen LogP contribution in [0.2, 0.25) is 5.02 Å². The average molecular weight is 334 g/mol. The summed E-state index contributed by atoms with van der Waals surface area (Å²) in [7, 11) is 0. The minimum Gasteiger partial charge on any atom is -0.305 e. The quantitative estimate of drug-likeness (QED) is 0.475. The molecule has 1 amide bonds. The molecule has 5 nitrogen and oxygen atoms in total. The first-order valence-electron chi connectivity index (χ1n) is 5.29. The molecule has 2 rings (SSSR count). The average Bonchev–Trinajstić information content (AvgIpc) is 2.56. The fourth-order valence-corrected chi connectivity index (χ4v) is 2.92. The van der Waals surface area contributed by atoms with Crippen LogP contribution in [0.1, 0.15) is 12.0 Å². The predicted octanol–water partition coefficient (Wildman–Crippen LogP) is 3.06. The zero-order valence-electron chi connectivity index (χ0n) is 9.52. The highest BCUT2D eigenvalue weighted by Crippen LogP contribution is 2.37. The third-order valence-electron chi connectivity index (χ3n) is 2.79. The number of anilines is 1. The van der Waals surface area contributed by atoms with Gasteiger partial charge in [-0.2, -0.15) is 0 Å². The van der Waals surface area contributed by atoms with Crippen LogP contribution in [0.15, 0.2) is 12.1 Å². The smallest absolute Gasteiger partial charge is 0.294 e. The number of nitrogens with zero attached hydrogens (tertiary/aromatic N) is 2. The van der Waals surface area contributed by atoms with E-state index in [0.29, 0.717) is 29.2 Å². The van der Waals surface area contributed by atoms with Gasteiger partial charge in [-0.1, -0.05) is 27.5 Å². The van der Waals surface area contributed by atoms with Crippen LogP contribution in [-0.2, 0) is 4.79 Å². The number of aryl methyl sites for hydroxylation is 1. The molecule has 0 aromatic heterocycles. The van der Waals surface area contributed by atoms with Crippen LogP contribution in [0.25, 0.3) is 0 Å². The molecule has 1 atom stereocenters. The lowest BCUT2D eigenvalue weighted by Crippen LogP contribution is -2.26. The van der Waals surface area contributed by atoms with Gasteiger partial charge in [-0.15, -0.1) is 0 Å². The van der Waals surface area contributed by atoms with Gasteiger partial charge in [-0.3, -0.25) is 14.9 Å². The molecular formula is C11H10BrClN2O3. The second-order valence-electron chi connectivity index (χ2n) is 4.15. The van der Waals surface area contributed by atoms with Crippen LogP contribution in [0.4, 0.5) is 11.4 Å². The number of carbonyl (C=O) groups excluding carboxylic acids is 1. The minimum atomic E-state index is -0.511. The van der Waals surface area contributed by atoms with Gasteiger partial charge in [0, 0.05) is 28.9 Å². The van der Waals surface area contributed by atoms with E-state index in [1.165, 1.54) is 11.0 Å². The van der Waals surface area contributed by atoms with E-state index in [-0.39, 0.29) is 16.4 Å². The third-order valence-corrected chi connectivity index (χ3v) is 3.62. The molecular weight excluding hydrogens is 323 g/mol. The molecule has 0 radical (unpaired) electrons. The number of nitro benzene ring substituents is 1. The van der Waals surface area contributed by atoms with Gasteiger partial charge in [0.1, 0.15) is 5.69 Å². The Kier molecular flexibility index (Phi) is 3.59. The van der Waals surface area contributed by atoms with Crippen molar-refractivity contribution in [1.82, 2.24) is 0 Å². The fourth-order valence-electron chi connectivity index (χ4n) is 2.09. The number of rotatable bonds is 2. The molecule has 1 aromatic rings. The third kappa shape index (κ3) is 2.35. The largest absolute Gasteiger partial charge is 0.305 e. The van der Waals surface area contributed by atoms with E-state index < -0.39 is 4.92 Å². The summed E-state index contributed by atoms with van der Waals surface area (Å²) in [6.07, 6.45) is 0.346. The van der Waals surface area contributed by atoms with Crippen molar-refractivity contribution in [3.05, 3.63) is 32.8 Å². The van der Waals surface area contributed by atoms with Crippen LogP contribution >= 0.6 is 27.5 Å². The van der Waals surface area contributed by atoms with Crippen molar-refractivity contribution < 1.29 is 9.72 Å². The summed E-state index contributed by atoms with van der Waals surface area (Å²) in [4.78, 5) is 23.9. The Labute approximate surface area is 117 Å². The molecule has 1 unspecified atom stereocenters. The highest BCUT2D eigenvalue weighted by Gasteiger charge is 2.34. The van der Waals surface area contributed by atoms with Crippen molar-refractivity contribution in [2.24, 2.45) is 0 Å². The molecule has 96 valence electrons. The Morgan fingerprint density at radius 1 is 1.56 bits per heavy atom. The SMILES string of the molecule is Cc1cc(Cl)cc([N+](=O)[O-])c1N1CC(Br)CC1=O. The maximum atomic E-state index is 11.8. The van der Waals surface area contributed by atoms with E-state index in [2.05, 4.69) is 15.9 Å². The zero-order valence-corrected chi connectivity index (χ0v) is 11.9. The number of halogens is 2. The Bertz CT molecular complexity index is 535. The fraction of sp³-hybridized carbons (Fsp3) is 0.364. The van der Waals surface area contributed by atoms with E-state index in [4.69, 9.17) is 11.6 Å². The molecule has 1 saturated heterocycles. The van der Waals surface area contributed by atoms with Crippen molar-refractivity contribution in [1.29, 1.82) is 0 Å².